The molecule has 0 unspecified atom stereocenters. The van der Waals surface area contributed by atoms with Gasteiger partial charge in [-0.15, -0.1) is 0 Å². The van der Waals surface area contributed by atoms with Crippen LogP contribution in [0.1, 0.15) is 5.56 Å². The molecule has 0 amide bonds. The van der Waals surface area contributed by atoms with Crippen LogP contribution < -0.4 is 11.1 Å². The molecule has 0 atom stereocenters. The number of aliphatic carboxylic acids is 1. The fourth-order valence-corrected chi connectivity index (χ4v) is 1.00. The lowest BCUT2D eigenvalue weighted by Crippen LogP contribution is -2.20. The maximum Gasteiger partial charge on any atom is 0.328 e. The van der Waals surface area contributed by atoms with Crippen LogP contribution in [0.2, 0.25) is 0 Å². The van der Waals surface area contributed by atoms with E-state index in [1.807, 2.05) is 0 Å². The average Bonchev–Trinajstić information content (AvgIpc) is 2.33. The van der Waals surface area contributed by atoms with Gasteiger partial charge < -0.3 is 16.2 Å². The Kier molecular flexibility index (Phi) is 11.0. The van der Waals surface area contributed by atoms with E-state index >= 15 is 0 Å². The second kappa shape index (κ2) is 11.1. The highest BCUT2D eigenvalue weighted by molar-refractivity contribution is 7.85. The zero-order chi connectivity index (χ0) is 20.3. The number of rotatable bonds is 3. The lowest BCUT2D eigenvalue weighted by molar-refractivity contribution is -0.131. The molecule has 0 saturated heterocycles. The summed E-state index contributed by atoms with van der Waals surface area (Å²) < 4.78 is 51.7. The number of carboxylic acid groups (broad SMARTS) is 1. The fourth-order valence-electron chi connectivity index (χ4n) is 1.00. The van der Waals surface area contributed by atoms with Crippen LogP contribution in [-0.4, -0.2) is 55.5 Å². The maximum atomic E-state index is 10.2. The number of anilines is 1. The molecule has 0 aliphatic heterocycles. The standard InChI is InChI=1S/C10H11N3O2.2CH4O3S/c11-10(12)13-8-4-1-7(2-5-8)3-6-9(14)15;2*1-5(2,3)4/h1-6H,(H,14,15)(H4,11,12,13);2*1H3,(H,2,3,4)/b6-3+;;. The number of nitrogens with two attached hydrogens (primary N) is 1. The molecule has 25 heavy (non-hydrogen) atoms. The van der Waals surface area contributed by atoms with E-state index in [1.165, 1.54) is 6.08 Å². The van der Waals surface area contributed by atoms with Crippen molar-refractivity contribution in [3.05, 3.63) is 35.9 Å². The molecule has 0 saturated carbocycles. The molecule has 1 rings (SSSR count). The summed E-state index contributed by atoms with van der Waals surface area (Å²) in [5, 5.41) is 18.0. The van der Waals surface area contributed by atoms with Crippen LogP contribution in [0.3, 0.4) is 0 Å². The molecule has 142 valence electrons. The van der Waals surface area contributed by atoms with Gasteiger partial charge in [0.15, 0.2) is 5.96 Å². The molecule has 0 bridgehead atoms. The second-order valence-corrected chi connectivity index (χ2v) is 7.23. The van der Waals surface area contributed by atoms with Gasteiger partial charge in [-0.2, -0.15) is 16.8 Å². The lowest BCUT2D eigenvalue weighted by atomic mass is 10.2. The Labute approximate surface area is 145 Å². The van der Waals surface area contributed by atoms with Crippen LogP contribution >= 0.6 is 0 Å². The van der Waals surface area contributed by atoms with Crippen molar-refractivity contribution >= 4 is 43.9 Å². The molecule has 0 aromatic heterocycles. The van der Waals surface area contributed by atoms with Gasteiger partial charge in [0.1, 0.15) is 0 Å². The van der Waals surface area contributed by atoms with Crippen molar-refractivity contribution in [2.45, 2.75) is 0 Å². The first-order chi connectivity index (χ1) is 11.1. The van der Waals surface area contributed by atoms with E-state index in [-0.39, 0.29) is 5.96 Å². The van der Waals surface area contributed by atoms with Gasteiger partial charge >= 0.3 is 5.97 Å². The number of benzene rings is 1. The number of nitrogens with one attached hydrogen (secondary N) is 2. The number of carboxylic acids is 1. The topological polar surface area (TPSA) is 208 Å². The molecule has 7 N–H and O–H groups in total. The first-order valence-corrected chi connectivity index (χ1v) is 9.74. The fraction of sp³-hybridized carbons (Fsp3) is 0.167. The van der Waals surface area contributed by atoms with Crippen LogP contribution in [0.15, 0.2) is 30.3 Å². The van der Waals surface area contributed by atoms with Crippen LogP contribution in [0.5, 0.6) is 0 Å². The van der Waals surface area contributed by atoms with Gasteiger partial charge in [0.25, 0.3) is 20.2 Å². The third-order valence-electron chi connectivity index (χ3n) is 1.61. The summed E-state index contributed by atoms with van der Waals surface area (Å²) in [5.41, 5.74) is 6.60. The molecule has 0 aliphatic rings. The van der Waals surface area contributed by atoms with E-state index in [1.54, 1.807) is 24.3 Å². The van der Waals surface area contributed by atoms with Crippen LogP contribution in [0.25, 0.3) is 6.08 Å². The molecule has 13 heteroatoms. The third kappa shape index (κ3) is 30.0. The molecule has 11 nitrogen and oxygen atoms in total. The Bertz CT molecular complexity index is 753. The minimum absolute atomic E-state index is 0.135. The Morgan fingerprint density at radius 3 is 1.72 bits per heavy atom. The Hall–Kier alpha value is -2.48. The number of guanidine groups is 1. The van der Waals surface area contributed by atoms with Crippen molar-refractivity contribution in [2.24, 2.45) is 5.73 Å². The maximum absolute atomic E-state index is 10.2. The van der Waals surface area contributed by atoms with E-state index in [4.69, 9.17) is 25.4 Å². The first-order valence-electron chi connectivity index (χ1n) is 6.05. The molecule has 1 aromatic carbocycles. The van der Waals surface area contributed by atoms with Crippen molar-refractivity contribution in [1.82, 2.24) is 0 Å². The van der Waals surface area contributed by atoms with Gasteiger partial charge in [0, 0.05) is 11.8 Å². The van der Waals surface area contributed by atoms with Gasteiger partial charge in [-0.25, -0.2) is 4.79 Å². The minimum Gasteiger partial charge on any atom is -0.478 e. The third-order valence-corrected chi connectivity index (χ3v) is 1.61. The summed E-state index contributed by atoms with van der Waals surface area (Å²) in [6.07, 6.45) is 3.98. The molecule has 0 aliphatic carbocycles. The summed E-state index contributed by atoms with van der Waals surface area (Å²) in [6.45, 7) is 0. The second-order valence-electron chi connectivity index (χ2n) is 4.30. The number of hydrogen-bond donors (Lipinski definition) is 6. The lowest BCUT2D eigenvalue weighted by Gasteiger charge is -2.02. The number of hydrogen-bond acceptors (Lipinski definition) is 6. The summed E-state index contributed by atoms with van der Waals surface area (Å²) in [5.74, 6) is -1.12. The van der Waals surface area contributed by atoms with Crippen molar-refractivity contribution in [1.29, 1.82) is 5.41 Å². The predicted octanol–water partition coefficient (Wildman–Crippen LogP) is 0.0978. The Morgan fingerprint density at radius 1 is 1.08 bits per heavy atom. The highest BCUT2D eigenvalue weighted by Crippen LogP contribution is 2.10. The highest BCUT2D eigenvalue weighted by atomic mass is 32.2. The van der Waals surface area contributed by atoms with Crippen molar-refractivity contribution in [3.63, 3.8) is 0 Å². The first kappa shape index (κ1) is 24.8. The smallest absolute Gasteiger partial charge is 0.328 e. The quantitative estimate of drug-likeness (QED) is 0.175. The largest absolute Gasteiger partial charge is 0.478 e. The van der Waals surface area contributed by atoms with Crippen molar-refractivity contribution in [2.75, 3.05) is 17.8 Å². The normalized spacial score (nSPS) is 10.7. The van der Waals surface area contributed by atoms with Crippen molar-refractivity contribution in [3.8, 4) is 0 Å². The number of carbonyl (C=O) groups is 1. The average molecular weight is 397 g/mol. The zero-order valence-electron chi connectivity index (χ0n) is 13.2. The van der Waals surface area contributed by atoms with E-state index in [2.05, 4.69) is 5.32 Å². The molecule has 0 fully saturated rings. The monoisotopic (exact) mass is 397 g/mol. The summed E-state index contributed by atoms with van der Waals surface area (Å²) in [4.78, 5) is 10.2. The van der Waals surface area contributed by atoms with E-state index in [0.29, 0.717) is 18.2 Å². The Balaban J connectivity index is 0. The van der Waals surface area contributed by atoms with E-state index in [9.17, 15) is 21.6 Å². The molecule has 1 aromatic rings. The molecule has 0 spiro atoms. The van der Waals surface area contributed by atoms with Gasteiger partial charge in [-0.05, 0) is 23.8 Å². The van der Waals surface area contributed by atoms with Gasteiger partial charge in [-0.1, -0.05) is 12.1 Å². The minimum atomic E-state index is -3.67. The summed E-state index contributed by atoms with van der Waals surface area (Å²) in [6, 6.07) is 6.88. The zero-order valence-corrected chi connectivity index (χ0v) is 14.9. The SMILES string of the molecule is CS(=O)(=O)O.CS(=O)(=O)O.N=C(N)Nc1ccc(/C=C/C(=O)O)cc1. The van der Waals surface area contributed by atoms with E-state index in [0.717, 1.165) is 11.6 Å². The van der Waals surface area contributed by atoms with Crippen molar-refractivity contribution < 1.29 is 35.8 Å². The Morgan fingerprint density at radius 2 is 1.44 bits per heavy atom. The van der Waals surface area contributed by atoms with Gasteiger partial charge in [-0.3, -0.25) is 14.5 Å². The summed E-state index contributed by atoms with van der Waals surface area (Å²) >= 11 is 0. The molecule has 0 heterocycles. The molecular weight excluding hydrogens is 378 g/mol. The van der Waals surface area contributed by atoms with Gasteiger partial charge in [0.2, 0.25) is 0 Å². The molecule has 0 radical (unpaired) electrons. The van der Waals surface area contributed by atoms with Crippen LogP contribution in [0.4, 0.5) is 5.69 Å². The van der Waals surface area contributed by atoms with Gasteiger partial charge in [0.05, 0.1) is 12.5 Å². The predicted molar refractivity (Wildman–Crippen MR) is 93.6 cm³/mol. The van der Waals surface area contributed by atoms with Crippen LogP contribution in [-0.2, 0) is 25.0 Å². The summed E-state index contributed by atoms with van der Waals surface area (Å²) in [7, 11) is -7.33. The molecular formula is C12H19N3O8S2. The van der Waals surface area contributed by atoms with Crippen LogP contribution in [0, 0.1) is 5.41 Å². The highest BCUT2D eigenvalue weighted by Gasteiger charge is 1.93. The van der Waals surface area contributed by atoms with E-state index < -0.39 is 26.2 Å².